The van der Waals surface area contributed by atoms with Gasteiger partial charge in [0.1, 0.15) is 0 Å². The smallest absolute Gasteiger partial charge is 0.223 e. The third-order valence-electron chi connectivity index (χ3n) is 3.54. The second-order valence-corrected chi connectivity index (χ2v) is 5.15. The van der Waals surface area contributed by atoms with Crippen LogP contribution in [0.25, 0.3) is 0 Å². The Hall–Kier alpha value is -0.610. The molecule has 1 heterocycles. The van der Waals surface area contributed by atoms with Crippen LogP contribution in [0.3, 0.4) is 0 Å². The summed E-state index contributed by atoms with van der Waals surface area (Å²) < 4.78 is 0. The van der Waals surface area contributed by atoms with Gasteiger partial charge >= 0.3 is 0 Å². The maximum Gasteiger partial charge on any atom is 0.223 e. The number of carbonyl (C=O) groups is 1. The highest BCUT2D eigenvalue weighted by Gasteiger charge is 2.27. The zero-order valence-corrected chi connectivity index (χ0v) is 10.8. The summed E-state index contributed by atoms with van der Waals surface area (Å²) >= 11 is 0. The van der Waals surface area contributed by atoms with E-state index in [4.69, 9.17) is 5.73 Å². The van der Waals surface area contributed by atoms with E-state index >= 15 is 0 Å². The molecule has 2 unspecified atom stereocenters. The van der Waals surface area contributed by atoms with Crippen molar-refractivity contribution in [1.29, 1.82) is 0 Å². The maximum atomic E-state index is 11.9. The van der Waals surface area contributed by atoms with Crippen molar-refractivity contribution in [2.75, 3.05) is 40.3 Å². The van der Waals surface area contributed by atoms with Gasteiger partial charge in [-0.3, -0.25) is 4.79 Å². The molecule has 16 heavy (non-hydrogen) atoms. The van der Waals surface area contributed by atoms with Gasteiger partial charge in [-0.25, -0.2) is 0 Å². The molecule has 0 aromatic rings. The minimum atomic E-state index is 0.277. The van der Waals surface area contributed by atoms with Crippen LogP contribution >= 0.6 is 0 Å². The van der Waals surface area contributed by atoms with Gasteiger partial charge in [0.15, 0.2) is 0 Å². The Morgan fingerprint density at radius 2 is 2.19 bits per heavy atom. The molecular weight excluding hydrogens is 202 g/mol. The first kappa shape index (κ1) is 13.5. The normalized spacial score (nSPS) is 26.2. The molecule has 4 heteroatoms. The number of rotatable bonds is 4. The molecule has 0 aromatic carbocycles. The maximum absolute atomic E-state index is 11.9. The second-order valence-electron chi connectivity index (χ2n) is 5.15. The van der Waals surface area contributed by atoms with Crippen molar-refractivity contribution in [3.05, 3.63) is 0 Å². The number of hydrogen-bond donors (Lipinski definition) is 1. The van der Waals surface area contributed by atoms with Gasteiger partial charge in [-0.2, -0.15) is 0 Å². The fraction of sp³-hybridized carbons (Fsp3) is 0.917. The summed E-state index contributed by atoms with van der Waals surface area (Å²) in [7, 11) is 3.99. The number of piperidine rings is 1. The molecule has 1 saturated heterocycles. The van der Waals surface area contributed by atoms with E-state index in [2.05, 4.69) is 6.92 Å². The van der Waals surface area contributed by atoms with Gasteiger partial charge in [0.2, 0.25) is 5.91 Å². The van der Waals surface area contributed by atoms with Crippen LogP contribution in [0.2, 0.25) is 0 Å². The summed E-state index contributed by atoms with van der Waals surface area (Å²) in [5.41, 5.74) is 5.73. The molecule has 0 spiro atoms. The van der Waals surface area contributed by atoms with Crippen molar-refractivity contribution in [2.24, 2.45) is 17.6 Å². The zero-order valence-electron chi connectivity index (χ0n) is 10.8. The molecule has 0 aliphatic carbocycles. The van der Waals surface area contributed by atoms with E-state index in [1.165, 1.54) is 0 Å². The van der Waals surface area contributed by atoms with Crippen molar-refractivity contribution < 1.29 is 4.79 Å². The van der Waals surface area contributed by atoms with E-state index in [9.17, 15) is 4.79 Å². The zero-order chi connectivity index (χ0) is 12.1. The van der Waals surface area contributed by atoms with Crippen LogP contribution in [0.15, 0.2) is 0 Å². The van der Waals surface area contributed by atoms with E-state index in [-0.39, 0.29) is 5.91 Å². The van der Waals surface area contributed by atoms with E-state index in [0.29, 0.717) is 24.8 Å². The minimum Gasteiger partial charge on any atom is -0.342 e. The highest BCUT2D eigenvalue weighted by atomic mass is 16.2. The first-order valence-corrected chi connectivity index (χ1v) is 6.17. The molecule has 0 radical (unpaired) electrons. The lowest BCUT2D eigenvalue weighted by atomic mass is 9.87. The SMILES string of the molecule is CC1CCN(C(=O)CCN(C)C)CC1CN. The number of likely N-dealkylation sites (tertiary alicyclic amines) is 1. The summed E-state index contributed by atoms with van der Waals surface area (Å²) in [5, 5.41) is 0. The average Bonchev–Trinajstić information content (AvgIpc) is 2.26. The summed E-state index contributed by atoms with van der Waals surface area (Å²) in [4.78, 5) is 16.0. The Labute approximate surface area is 98.8 Å². The largest absolute Gasteiger partial charge is 0.342 e. The van der Waals surface area contributed by atoms with Crippen LogP contribution in [0.1, 0.15) is 19.8 Å². The summed E-state index contributed by atoms with van der Waals surface area (Å²) in [6.45, 7) is 5.52. The molecule has 1 rings (SSSR count). The van der Waals surface area contributed by atoms with E-state index < -0.39 is 0 Å². The lowest BCUT2D eigenvalue weighted by molar-refractivity contribution is -0.133. The van der Waals surface area contributed by atoms with Crippen LogP contribution < -0.4 is 5.73 Å². The number of amides is 1. The predicted molar refractivity (Wildman–Crippen MR) is 66.1 cm³/mol. The topological polar surface area (TPSA) is 49.6 Å². The molecule has 0 saturated carbocycles. The van der Waals surface area contributed by atoms with Crippen LogP contribution in [-0.2, 0) is 4.79 Å². The summed E-state index contributed by atoms with van der Waals surface area (Å²) in [6.07, 6.45) is 1.72. The van der Waals surface area contributed by atoms with E-state index in [1.54, 1.807) is 0 Å². The number of carbonyl (C=O) groups excluding carboxylic acids is 1. The standard InChI is InChI=1S/C12H25N3O/c1-10-4-7-15(9-11(10)8-13)12(16)5-6-14(2)3/h10-11H,4-9,13H2,1-3H3. The lowest BCUT2D eigenvalue weighted by Gasteiger charge is -2.36. The van der Waals surface area contributed by atoms with Gasteiger partial charge in [-0.1, -0.05) is 6.92 Å². The predicted octanol–water partition coefficient (Wildman–Crippen LogP) is 0.381. The van der Waals surface area contributed by atoms with E-state index in [0.717, 1.165) is 26.1 Å². The first-order chi connectivity index (χ1) is 7.54. The van der Waals surface area contributed by atoms with Crippen molar-refractivity contribution in [3.8, 4) is 0 Å². The van der Waals surface area contributed by atoms with Crippen molar-refractivity contribution >= 4 is 5.91 Å². The number of hydrogen-bond acceptors (Lipinski definition) is 3. The molecule has 1 aliphatic heterocycles. The summed E-state index contributed by atoms with van der Waals surface area (Å²) in [6, 6.07) is 0. The van der Waals surface area contributed by atoms with Gasteiger partial charge in [-0.05, 0) is 38.9 Å². The Morgan fingerprint density at radius 1 is 1.50 bits per heavy atom. The molecular formula is C12H25N3O. The molecule has 2 atom stereocenters. The van der Waals surface area contributed by atoms with Gasteiger partial charge in [-0.15, -0.1) is 0 Å². The Morgan fingerprint density at radius 3 is 2.75 bits per heavy atom. The van der Waals surface area contributed by atoms with Crippen LogP contribution in [0.5, 0.6) is 0 Å². The first-order valence-electron chi connectivity index (χ1n) is 6.17. The van der Waals surface area contributed by atoms with Gasteiger partial charge in [0.05, 0.1) is 0 Å². The fourth-order valence-electron chi connectivity index (χ4n) is 2.16. The fourth-order valence-corrected chi connectivity index (χ4v) is 2.16. The van der Waals surface area contributed by atoms with Crippen molar-refractivity contribution in [3.63, 3.8) is 0 Å². The lowest BCUT2D eigenvalue weighted by Crippen LogP contribution is -2.46. The summed E-state index contributed by atoms with van der Waals surface area (Å²) in [5.74, 6) is 1.42. The Kier molecular flexibility index (Phi) is 5.22. The highest BCUT2D eigenvalue weighted by molar-refractivity contribution is 5.76. The molecule has 0 aromatic heterocycles. The quantitative estimate of drug-likeness (QED) is 0.755. The number of nitrogens with zero attached hydrogens (tertiary/aromatic N) is 2. The molecule has 1 amide bonds. The highest BCUT2D eigenvalue weighted by Crippen LogP contribution is 2.22. The Bertz CT molecular complexity index is 230. The van der Waals surface area contributed by atoms with Crippen LogP contribution in [0, 0.1) is 11.8 Å². The van der Waals surface area contributed by atoms with Gasteiger partial charge in [0.25, 0.3) is 0 Å². The average molecular weight is 227 g/mol. The van der Waals surface area contributed by atoms with Crippen LogP contribution in [-0.4, -0.2) is 56.0 Å². The molecule has 4 nitrogen and oxygen atoms in total. The second kappa shape index (κ2) is 6.21. The monoisotopic (exact) mass is 227 g/mol. The molecule has 94 valence electrons. The molecule has 0 bridgehead atoms. The molecule has 1 aliphatic rings. The minimum absolute atomic E-state index is 0.277. The van der Waals surface area contributed by atoms with Crippen molar-refractivity contribution in [1.82, 2.24) is 9.80 Å². The van der Waals surface area contributed by atoms with Crippen LogP contribution in [0.4, 0.5) is 0 Å². The van der Waals surface area contributed by atoms with E-state index in [1.807, 2.05) is 23.9 Å². The van der Waals surface area contributed by atoms with Gasteiger partial charge < -0.3 is 15.5 Å². The van der Waals surface area contributed by atoms with Crippen molar-refractivity contribution in [2.45, 2.75) is 19.8 Å². The third kappa shape index (κ3) is 3.76. The molecule has 1 fully saturated rings. The number of nitrogens with two attached hydrogens (primary N) is 1. The Balaban J connectivity index is 2.39. The van der Waals surface area contributed by atoms with Gasteiger partial charge in [0, 0.05) is 26.1 Å². The molecule has 2 N–H and O–H groups in total. The third-order valence-corrected chi connectivity index (χ3v) is 3.54.